The molecule has 33 heavy (non-hydrogen) atoms. The fourth-order valence-corrected chi connectivity index (χ4v) is 3.89. The van der Waals surface area contributed by atoms with Crippen molar-refractivity contribution in [1.29, 1.82) is 0 Å². The first-order chi connectivity index (χ1) is 15.9. The van der Waals surface area contributed by atoms with Crippen LogP contribution in [0, 0.1) is 0 Å². The Morgan fingerprint density at radius 2 is 1.70 bits per heavy atom. The lowest BCUT2D eigenvalue weighted by molar-refractivity contribution is 0.306. The van der Waals surface area contributed by atoms with Crippen molar-refractivity contribution >= 4 is 11.2 Å². The molecule has 8 heteroatoms. The second kappa shape index (κ2) is 9.87. The summed E-state index contributed by atoms with van der Waals surface area (Å²) in [6.45, 7) is 3.95. The summed E-state index contributed by atoms with van der Waals surface area (Å²) in [5, 5.41) is 3.50. The van der Waals surface area contributed by atoms with Gasteiger partial charge in [-0.25, -0.2) is 9.78 Å². The summed E-state index contributed by atoms with van der Waals surface area (Å²) >= 11 is 0. The highest BCUT2D eigenvalue weighted by atomic mass is 16.5. The molecule has 0 radical (unpaired) electrons. The number of hydrogen-bond acceptors (Lipinski definition) is 5. The number of rotatable bonds is 9. The zero-order valence-corrected chi connectivity index (χ0v) is 19.2. The van der Waals surface area contributed by atoms with Gasteiger partial charge in [0.2, 0.25) is 0 Å². The highest BCUT2D eigenvalue weighted by Crippen LogP contribution is 2.15. The molecule has 0 saturated heterocycles. The van der Waals surface area contributed by atoms with Crippen LogP contribution >= 0.6 is 0 Å². The number of imidazole rings is 1. The van der Waals surface area contributed by atoms with Gasteiger partial charge in [-0.2, -0.15) is 0 Å². The highest BCUT2D eigenvalue weighted by molar-refractivity contribution is 5.69. The van der Waals surface area contributed by atoms with E-state index in [-0.39, 0.29) is 17.3 Å². The standard InChI is InChI=1S/C25H29N5O3/c1-18(15-19-9-11-21(12-10-19)33-16-20-7-5-4-6-8-20)26-13-14-30-17-27-23-22(30)24(31)29(3)25(32)28(23)2/h4-12,17-18,26H,13-16H2,1-3H3. The van der Waals surface area contributed by atoms with Crippen LogP contribution in [0.15, 0.2) is 70.5 Å². The van der Waals surface area contributed by atoms with Crippen LogP contribution in [0.3, 0.4) is 0 Å². The van der Waals surface area contributed by atoms with E-state index < -0.39 is 0 Å². The summed E-state index contributed by atoms with van der Waals surface area (Å²) < 4.78 is 10.2. The Morgan fingerprint density at radius 1 is 0.970 bits per heavy atom. The Kier molecular flexibility index (Phi) is 6.74. The zero-order chi connectivity index (χ0) is 23.4. The quantitative estimate of drug-likeness (QED) is 0.426. The molecule has 4 aromatic rings. The minimum absolute atomic E-state index is 0.253. The lowest BCUT2D eigenvalue weighted by Crippen LogP contribution is -2.38. The Labute approximate surface area is 192 Å². The number of nitrogens with one attached hydrogen (secondary N) is 1. The maximum Gasteiger partial charge on any atom is 0.332 e. The maximum atomic E-state index is 12.5. The van der Waals surface area contributed by atoms with E-state index in [4.69, 9.17) is 4.74 Å². The van der Waals surface area contributed by atoms with E-state index in [1.807, 2.05) is 42.5 Å². The first-order valence-electron chi connectivity index (χ1n) is 11.0. The lowest BCUT2D eigenvalue weighted by atomic mass is 10.1. The first-order valence-corrected chi connectivity index (χ1v) is 11.0. The average molecular weight is 448 g/mol. The molecule has 0 amide bonds. The molecule has 2 aromatic heterocycles. The predicted octanol–water partition coefficient (Wildman–Crippen LogP) is 2.23. The van der Waals surface area contributed by atoms with Crippen molar-refractivity contribution in [3.05, 3.63) is 92.9 Å². The summed E-state index contributed by atoms with van der Waals surface area (Å²) in [6, 6.07) is 18.5. The number of nitrogens with zero attached hydrogens (tertiary/aromatic N) is 4. The van der Waals surface area contributed by atoms with E-state index in [1.54, 1.807) is 17.9 Å². The normalized spacial score (nSPS) is 12.2. The van der Waals surface area contributed by atoms with Gasteiger partial charge in [-0.05, 0) is 36.6 Å². The molecule has 2 aromatic carbocycles. The van der Waals surface area contributed by atoms with Gasteiger partial charge >= 0.3 is 5.69 Å². The van der Waals surface area contributed by atoms with E-state index in [9.17, 15) is 9.59 Å². The number of ether oxygens (including phenoxy) is 1. The Balaban J connectivity index is 1.30. The number of fused-ring (bicyclic) bond motifs is 1. The van der Waals surface area contributed by atoms with Crippen molar-refractivity contribution in [2.75, 3.05) is 6.54 Å². The lowest BCUT2D eigenvalue weighted by Gasteiger charge is -2.15. The van der Waals surface area contributed by atoms with Crippen molar-refractivity contribution in [3.8, 4) is 5.75 Å². The Hall–Kier alpha value is -3.65. The SMILES string of the molecule is CC(Cc1ccc(OCc2ccccc2)cc1)NCCn1cnc2c1c(=O)n(C)c(=O)n2C. The number of aryl methyl sites for hydroxylation is 1. The van der Waals surface area contributed by atoms with Crippen LogP contribution in [0.2, 0.25) is 0 Å². The fraction of sp³-hybridized carbons (Fsp3) is 0.320. The Morgan fingerprint density at radius 3 is 2.42 bits per heavy atom. The van der Waals surface area contributed by atoms with E-state index in [2.05, 4.69) is 29.4 Å². The molecule has 4 rings (SSSR count). The molecular weight excluding hydrogens is 418 g/mol. The number of benzene rings is 2. The third-order valence-electron chi connectivity index (χ3n) is 5.78. The molecule has 0 saturated carbocycles. The minimum Gasteiger partial charge on any atom is -0.489 e. The van der Waals surface area contributed by atoms with Crippen molar-refractivity contribution in [2.24, 2.45) is 14.1 Å². The smallest absolute Gasteiger partial charge is 0.332 e. The second-order valence-corrected chi connectivity index (χ2v) is 8.29. The minimum atomic E-state index is -0.374. The molecule has 172 valence electrons. The van der Waals surface area contributed by atoms with Gasteiger partial charge in [0.25, 0.3) is 5.56 Å². The van der Waals surface area contributed by atoms with Gasteiger partial charge in [-0.3, -0.25) is 13.9 Å². The van der Waals surface area contributed by atoms with Crippen molar-refractivity contribution in [2.45, 2.75) is 32.5 Å². The van der Waals surface area contributed by atoms with Gasteiger partial charge in [0.1, 0.15) is 12.4 Å². The maximum absolute atomic E-state index is 12.5. The van der Waals surface area contributed by atoms with Crippen LogP contribution in [0.5, 0.6) is 5.75 Å². The average Bonchev–Trinajstić information content (AvgIpc) is 3.25. The summed E-state index contributed by atoms with van der Waals surface area (Å²) in [6.07, 6.45) is 2.49. The van der Waals surface area contributed by atoms with Crippen LogP contribution in [-0.2, 0) is 33.7 Å². The molecule has 2 heterocycles. The molecule has 1 atom stereocenters. The Bertz CT molecular complexity index is 1340. The zero-order valence-electron chi connectivity index (χ0n) is 19.2. The predicted molar refractivity (Wildman–Crippen MR) is 129 cm³/mol. The van der Waals surface area contributed by atoms with E-state index in [0.717, 1.165) is 22.3 Å². The molecular formula is C25H29N5O3. The van der Waals surface area contributed by atoms with Gasteiger partial charge in [0, 0.05) is 33.2 Å². The van der Waals surface area contributed by atoms with Crippen molar-refractivity contribution in [1.82, 2.24) is 24.0 Å². The third-order valence-corrected chi connectivity index (χ3v) is 5.78. The first kappa shape index (κ1) is 22.5. The summed E-state index contributed by atoms with van der Waals surface area (Å²) in [7, 11) is 3.11. The molecule has 0 bridgehead atoms. The summed E-state index contributed by atoms with van der Waals surface area (Å²) in [4.78, 5) is 28.9. The number of hydrogen-bond donors (Lipinski definition) is 1. The molecule has 0 aliphatic rings. The molecule has 0 spiro atoms. The largest absolute Gasteiger partial charge is 0.489 e. The molecule has 8 nitrogen and oxygen atoms in total. The van der Waals surface area contributed by atoms with Crippen molar-refractivity contribution < 1.29 is 4.74 Å². The number of aromatic nitrogens is 4. The van der Waals surface area contributed by atoms with E-state index in [1.165, 1.54) is 17.2 Å². The topological polar surface area (TPSA) is 83.1 Å². The summed E-state index contributed by atoms with van der Waals surface area (Å²) in [5.41, 5.74) is 2.52. The van der Waals surface area contributed by atoms with Gasteiger partial charge in [-0.1, -0.05) is 42.5 Å². The van der Waals surface area contributed by atoms with Gasteiger partial charge in [0.05, 0.1) is 6.33 Å². The third kappa shape index (κ3) is 5.06. The monoisotopic (exact) mass is 447 g/mol. The van der Waals surface area contributed by atoms with Crippen LogP contribution in [0.25, 0.3) is 11.2 Å². The molecule has 1 unspecified atom stereocenters. The van der Waals surface area contributed by atoms with Crippen LogP contribution in [0.4, 0.5) is 0 Å². The van der Waals surface area contributed by atoms with Gasteiger partial charge in [-0.15, -0.1) is 0 Å². The molecule has 1 N–H and O–H groups in total. The van der Waals surface area contributed by atoms with Gasteiger partial charge < -0.3 is 14.6 Å². The molecule has 0 fully saturated rings. The van der Waals surface area contributed by atoms with E-state index >= 15 is 0 Å². The van der Waals surface area contributed by atoms with Gasteiger partial charge in [0.15, 0.2) is 11.2 Å². The van der Waals surface area contributed by atoms with E-state index in [0.29, 0.717) is 30.9 Å². The van der Waals surface area contributed by atoms with Crippen LogP contribution < -0.4 is 21.3 Å². The van der Waals surface area contributed by atoms with Crippen molar-refractivity contribution in [3.63, 3.8) is 0 Å². The van der Waals surface area contributed by atoms with Crippen LogP contribution in [-0.4, -0.2) is 31.3 Å². The fourth-order valence-electron chi connectivity index (χ4n) is 3.89. The summed E-state index contributed by atoms with van der Waals surface area (Å²) in [5.74, 6) is 0.853. The van der Waals surface area contributed by atoms with Crippen LogP contribution in [0.1, 0.15) is 18.1 Å². The molecule has 0 aliphatic carbocycles. The highest BCUT2D eigenvalue weighted by Gasteiger charge is 2.14. The molecule has 0 aliphatic heterocycles. The second-order valence-electron chi connectivity index (χ2n) is 8.29.